The van der Waals surface area contributed by atoms with Crippen LogP contribution in [0.1, 0.15) is 40.9 Å². The molecule has 0 bridgehead atoms. The highest BCUT2D eigenvalue weighted by Gasteiger charge is 2.25. The van der Waals surface area contributed by atoms with E-state index in [9.17, 15) is 4.79 Å². The van der Waals surface area contributed by atoms with Gasteiger partial charge in [0.15, 0.2) is 5.96 Å². The Bertz CT molecular complexity index is 736. The van der Waals surface area contributed by atoms with Crippen LogP contribution in [0.2, 0.25) is 0 Å². The topological polar surface area (TPSA) is 56.7 Å². The van der Waals surface area contributed by atoms with Gasteiger partial charge in [0.1, 0.15) is 0 Å². The number of rotatable bonds is 7. The van der Waals surface area contributed by atoms with Gasteiger partial charge in [0.05, 0.1) is 4.88 Å². The predicted octanol–water partition coefficient (Wildman–Crippen LogP) is 3.94. The molecule has 1 fully saturated rings. The minimum Gasteiger partial charge on any atom is -0.357 e. The highest BCUT2D eigenvalue weighted by Crippen LogP contribution is 2.26. The molecule has 0 saturated carbocycles. The molecule has 1 atom stereocenters. The minimum absolute atomic E-state index is 0. The first-order valence-corrected chi connectivity index (χ1v) is 10.6. The molecule has 2 aromatic rings. The number of carbonyl (C=O) groups is 1. The lowest BCUT2D eigenvalue weighted by Crippen LogP contribution is -2.40. The Morgan fingerprint density at radius 1 is 1.21 bits per heavy atom. The van der Waals surface area contributed by atoms with Crippen molar-refractivity contribution in [3.05, 3.63) is 58.3 Å². The predicted molar refractivity (Wildman–Crippen MR) is 128 cm³/mol. The van der Waals surface area contributed by atoms with Crippen LogP contribution in [-0.4, -0.2) is 49.5 Å². The van der Waals surface area contributed by atoms with Crippen molar-refractivity contribution >= 4 is 47.2 Å². The number of halogens is 1. The van der Waals surface area contributed by atoms with E-state index in [0.29, 0.717) is 19.0 Å². The third-order valence-corrected chi connectivity index (χ3v) is 5.59. The van der Waals surface area contributed by atoms with E-state index in [4.69, 9.17) is 4.99 Å². The number of amides is 1. The molecule has 1 unspecified atom stereocenters. The summed E-state index contributed by atoms with van der Waals surface area (Å²) in [6, 6.07) is 14.5. The molecule has 1 saturated heterocycles. The lowest BCUT2D eigenvalue weighted by molar-refractivity contribution is 0.0957. The Hall–Kier alpha value is -1.61. The van der Waals surface area contributed by atoms with Crippen molar-refractivity contribution < 1.29 is 4.79 Å². The summed E-state index contributed by atoms with van der Waals surface area (Å²) in [5.41, 5.74) is 1.41. The molecule has 1 aliphatic rings. The maximum absolute atomic E-state index is 11.9. The van der Waals surface area contributed by atoms with Gasteiger partial charge in [0.2, 0.25) is 0 Å². The third-order valence-electron chi connectivity index (χ3n) is 4.72. The molecule has 152 valence electrons. The van der Waals surface area contributed by atoms with Crippen LogP contribution in [0.4, 0.5) is 0 Å². The first-order chi connectivity index (χ1) is 13.3. The van der Waals surface area contributed by atoms with Crippen molar-refractivity contribution in [2.45, 2.75) is 25.7 Å². The van der Waals surface area contributed by atoms with Crippen LogP contribution >= 0.6 is 35.3 Å². The number of guanidine groups is 1. The zero-order chi connectivity index (χ0) is 18.9. The van der Waals surface area contributed by atoms with E-state index in [0.717, 1.165) is 43.3 Å². The summed E-state index contributed by atoms with van der Waals surface area (Å²) in [5, 5.41) is 8.28. The fourth-order valence-corrected chi connectivity index (χ4v) is 3.98. The lowest BCUT2D eigenvalue weighted by atomic mass is 9.99. The smallest absolute Gasteiger partial charge is 0.261 e. The van der Waals surface area contributed by atoms with Gasteiger partial charge in [-0.3, -0.25) is 9.79 Å². The zero-order valence-electron chi connectivity index (χ0n) is 16.3. The maximum Gasteiger partial charge on any atom is 0.261 e. The summed E-state index contributed by atoms with van der Waals surface area (Å²) in [4.78, 5) is 19.8. The Morgan fingerprint density at radius 3 is 2.75 bits per heavy atom. The van der Waals surface area contributed by atoms with E-state index in [1.165, 1.54) is 16.9 Å². The van der Waals surface area contributed by atoms with Gasteiger partial charge >= 0.3 is 0 Å². The number of benzene rings is 1. The highest BCUT2D eigenvalue weighted by atomic mass is 127. The van der Waals surface area contributed by atoms with Crippen molar-refractivity contribution in [3.8, 4) is 0 Å². The average molecular weight is 512 g/mol. The maximum atomic E-state index is 11.9. The largest absolute Gasteiger partial charge is 0.357 e. The Kier molecular flexibility index (Phi) is 9.77. The van der Waals surface area contributed by atoms with E-state index in [-0.39, 0.29) is 29.9 Å². The third kappa shape index (κ3) is 6.48. The molecule has 1 aromatic heterocycles. The molecule has 7 heteroatoms. The molecule has 2 heterocycles. The van der Waals surface area contributed by atoms with Gasteiger partial charge in [-0.1, -0.05) is 36.4 Å². The molecule has 1 amide bonds. The van der Waals surface area contributed by atoms with Gasteiger partial charge < -0.3 is 15.5 Å². The molecule has 3 rings (SSSR count). The van der Waals surface area contributed by atoms with Crippen molar-refractivity contribution in [2.24, 2.45) is 4.99 Å². The first kappa shape index (κ1) is 22.7. The van der Waals surface area contributed by atoms with Gasteiger partial charge in [0.25, 0.3) is 5.91 Å². The first-order valence-electron chi connectivity index (χ1n) is 9.68. The number of nitrogens with one attached hydrogen (secondary N) is 2. The highest BCUT2D eigenvalue weighted by molar-refractivity contribution is 14.0. The number of nitrogens with zero attached hydrogens (tertiary/aromatic N) is 2. The second-order valence-corrected chi connectivity index (χ2v) is 7.61. The minimum atomic E-state index is 0. The quantitative estimate of drug-likeness (QED) is 0.256. The Balaban J connectivity index is 0.00000280. The number of likely N-dealkylation sites (tertiary alicyclic amines) is 1. The number of aliphatic imine (C=N–C) groups is 1. The summed E-state index contributed by atoms with van der Waals surface area (Å²) in [6.07, 6.45) is 1.99. The Labute approximate surface area is 188 Å². The number of hydrogen-bond acceptors (Lipinski definition) is 3. The second kappa shape index (κ2) is 12.1. The van der Waals surface area contributed by atoms with E-state index < -0.39 is 0 Å². The van der Waals surface area contributed by atoms with Crippen LogP contribution < -0.4 is 10.6 Å². The fourth-order valence-electron chi connectivity index (χ4n) is 3.34. The van der Waals surface area contributed by atoms with E-state index >= 15 is 0 Å². The lowest BCUT2D eigenvalue weighted by Gasteiger charge is -2.21. The number of carbonyl (C=O) groups excluding carboxylic acids is 1. The molecule has 2 N–H and O–H groups in total. The standard InChI is InChI=1S/C21H28N4OS.HI/c1-2-22-21(24-13-7-12-23-20(26)19-10-6-15-27-19)25-14-11-18(16-25)17-8-4-3-5-9-17;/h3-6,8-10,15,18H,2,7,11-14,16H2,1H3,(H,22,24)(H,23,26);1H. The van der Waals surface area contributed by atoms with Crippen LogP contribution in [0.3, 0.4) is 0 Å². The summed E-state index contributed by atoms with van der Waals surface area (Å²) in [5.74, 6) is 1.56. The average Bonchev–Trinajstić information content (AvgIpc) is 3.39. The summed E-state index contributed by atoms with van der Waals surface area (Å²) in [6.45, 7) is 6.35. The van der Waals surface area contributed by atoms with Crippen molar-refractivity contribution in [3.63, 3.8) is 0 Å². The molecule has 5 nitrogen and oxygen atoms in total. The zero-order valence-corrected chi connectivity index (χ0v) is 19.4. The molecule has 0 aliphatic carbocycles. The van der Waals surface area contributed by atoms with Gasteiger partial charge in [-0.15, -0.1) is 35.3 Å². The molecule has 1 aliphatic heterocycles. The van der Waals surface area contributed by atoms with E-state index in [2.05, 4.69) is 52.8 Å². The van der Waals surface area contributed by atoms with Crippen LogP contribution in [-0.2, 0) is 0 Å². The van der Waals surface area contributed by atoms with E-state index in [1.807, 2.05) is 17.5 Å². The summed E-state index contributed by atoms with van der Waals surface area (Å²) < 4.78 is 0. The summed E-state index contributed by atoms with van der Waals surface area (Å²) in [7, 11) is 0. The van der Waals surface area contributed by atoms with Crippen molar-refractivity contribution in [1.29, 1.82) is 0 Å². The van der Waals surface area contributed by atoms with Gasteiger partial charge in [-0.05, 0) is 36.8 Å². The van der Waals surface area contributed by atoms with Gasteiger partial charge in [-0.2, -0.15) is 0 Å². The van der Waals surface area contributed by atoms with Crippen LogP contribution in [0.25, 0.3) is 0 Å². The van der Waals surface area contributed by atoms with Crippen LogP contribution in [0.15, 0.2) is 52.8 Å². The van der Waals surface area contributed by atoms with Gasteiger partial charge in [0, 0.05) is 38.6 Å². The summed E-state index contributed by atoms with van der Waals surface area (Å²) >= 11 is 1.47. The number of hydrogen-bond donors (Lipinski definition) is 2. The molecule has 0 radical (unpaired) electrons. The van der Waals surface area contributed by atoms with E-state index in [1.54, 1.807) is 0 Å². The molecule has 0 spiro atoms. The van der Waals surface area contributed by atoms with Crippen molar-refractivity contribution in [1.82, 2.24) is 15.5 Å². The second-order valence-electron chi connectivity index (χ2n) is 6.66. The van der Waals surface area contributed by atoms with Crippen LogP contribution in [0, 0.1) is 0 Å². The monoisotopic (exact) mass is 512 g/mol. The Morgan fingerprint density at radius 2 is 2.04 bits per heavy atom. The molecular weight excluding hydrogens is 483 g/mol. The SMILES string of the molecule is CCNC(=NCCCNC(=O)c1cccs1)N1CCC(c2ccccc2)C1.I. The molecule has 28 heavy (non-hydrogen) atoms. The van der Waals surface area contributed by atoms with Crippen LogP contribution in [0.5, 0.6) is 0 Å². The molecular formula is C21H29IN4OS. The number of thiophene rings is 1. The molecule has 1 aromatic carbocycles. The van der Waals surface area contributed by atoms with Gasteiger partial charge in [-0.25, -0.2) is 0 Å². The normalized spacial score (nSPS) is 16.5. The van der Waals surface area contributed by atoms with Crippen molar-refractivity contribution in [2.75, 3.05) is 32.7 Å². The fraction of sp³-hybridized carbons (Fsp3) is 0.429.